The van der Waals surface area contributed by atoms with E-state index in [1.165, 1.54) is 17.5 Å². The summed E-state index contributed by atoms with van der Waals surface area (Å²) >= 11 is 1.08. The third-order valence-corrected chi connectivity index (χ3v) is 4.91. The molecule has 154 valence electrons. The summed E-state index contributed by atoms with van der Waals surface area (Å²) in [5.41, 5.74) is 4.46. The third-order valence-electron chi connectivity index (χ3n) is 4.23. The van der Waals surface area contributed by atoms with Gasteiger partial charge in [-0.05, 0) is 6.42 Å². The number of anilines is 1. The molecular weight excluding hydrogens is 408 g/mol. The number of aliphatic carboxylic acids is 2. The second-order valence-corrected chi connectivity index (χ2v) is 6.87. The Morgan fingerprint density at radius 2 is 2.10 bits per heavy atom. The molecule has 1 unspecified atom stereocenters. The van der Waals surface area contributed by atoms with E-state index in [1.807, 2.05) is 0 Å². The number of nitrogens with one attached hydrogen (secondary N) is 1. The van der Waals surface area contributed by atoms with Crippen LogP contribution in [-0.2, 0) is 24.0 Å². The molecule has 1 aromatic heterocycles. The van der Waals surface area contributed by atoms with Gasteiger partial charge in [-0.1, -0.05) is 5.16 Å². The Labute approximate surface area is 167 Å². The fourth-order valence-corrected chi connectivity index (χ4v) is 3.56. The SMILES string of the molecule is CO/N=C(/C(=O)NC1CCN2CC(C(=O)O)=C(C(=O)O)N2C1=O)c1csc(N)n1. The van der Waals surface area contributed by atoms with Crippen LogP contribution in [0.25, 0.3) is 0 Å². The van der Waals surface area contributed by atoms with Crippen molar-refractivity contribution in [1.29, 1.82) is 0 Å². The van der Waals surface area contributed by atoms with Crippen molar-refractivity contribution in [3.63, 3.8) is 0 Å². The standard InChI is InChI=1S/C15H16N6O7S/c1-28-19-9(8-5-29-15(16)18-8)11(22)17-7-2-3-20-4-6(13(24)25)10(14(26)27)21(20)12(7)23/h5,7H,2-4H2,1H3,(H2,16,18)(H,17,22)(H,24,25)(H,26,27)/b19-9+. The quantitative estimate of drug-likeness (QED) is 0.307. The molecule has 2 amide bonds. The smallest absolute Gasteiger partial charge is 0.354 e. The molecular formula is C15H16N6O7S. The predicted molar refractivity (Wildman–Crippen MR) is 97.3 cm³/mol. The number of nitrogens with zero attached hydrogens (tertiary/aromatic N) is 4. The first kappa shape index (κ1) is 20.2. The Kier molecular flexibility index (Phi) is 5.47. The maximum absolute atomic E-state index is 12.8. The highest BCUT2D eigenvalue weighted by Crippen LogP contribution is 2.29. The first-order valence-corrected chi connectivity index (χ1v) is 9.04. The Morgan fingerprint density at radius 1 is 1.38 bits per heavy atom. The summed E-state index contributed by atoms with van der Waals surface area (Å²) in [5, 5.41) is 28.5. The van der Waals surface area contributed by atoms with Crippen molar-refractivity contribution in [1.82, 2.24) is 20.3 Å². The lowest BCUT2D eigenvalue weighted by Crippen LogP contribution is -2.59. The van der Waals surface area contributed by atoms with Crippen LogP contribution in [0.4, 0.5) is 5.13 Å². The summed E-state index contributed by atoms with van der Waals surface area (Å²) in [6.45, 7) is -0.0670. The zero-order valence-corrected chi connectivity index (χ0v) is 15.8. The van der Waals surface area contributed by atoms with Crippen LogP contribution in [0.15, 0.2) is 21.8 Å². The van der Waals surface area contributed by atoms with Crippen LogP contribution in [0.2, 0.25) is 0 Å². The van der Waals surface area contributed by atoms with Gasteiger partial charge in [0.15, 0.2) is 16.5 Å². The minimum atomic E-state index is -1.55. The number of fused-ring (bicyclic) bond motifs is 1. The van der Waals surface area contributed by atoms with Crippen LogP contribution < -0.4 is 11.1 Å². The second-order valence-electron chi connectivity index (χ2n) is 5.98. The number of rotatable bonds is 6. The normalized spacial score (nSPS) is 19.9. The largest absolute Gasteiger partial charge is 0.478 e. The molecule has 1 saturated heterocycles. The van der Waals surface area contributed by atoms with E-state index in [-0.39, 0.29) is 36.0 Å². The average molecular weight is 424 g/mol. The zero-order chi connectivity index (χ0) is 21.3. The highest BCUT2D eigenvalue weighted by Gasteiger charge is 2.46. The summed E-state index contributed by atoms with van der Waals surface area (Å²) in [7, 11) is 1.23. The number of hydrogen-bond donors (Lipinski definition) is 4. The number of hydrogen-bond acceptors (Lipinski definition) is 10. The van der Waals surface area contributed by atoms with Crippen molar-refractivity contribution in [2.45, 2.75) is 12.5 Å². The van der Waals surface area contributed by atoms with Gasteiger partial charge in [-0.2, -0.15) is 0 Å². The van der Waals surface area contributed by atoms with Gasteiger partial charge in [0.1, 0.15) is 18.8 Å². The van der Waals surface area contributed by atoms with E-state index < -0.39 is 41.1 Å². The van der Waals surface area contributed by atoms with Crippen molar-refractivity contribution in [3.8, 4) is 0 Å². The lowest BCUT2D eigenvalue weighted by Gasteiger charge is -2.37. The first-order valence-electron chi connectivity index (χ1n) is 8.16. The van der Waals surface area contributed by atoms with Gasteiger partial charge in [0.2, 0.25) is 0 Å². The fraction of sp³-hybridized carbons (Fsp3) is 0.333. The minimum Gasteiger partial charge on any atom is -0.478 e. The molecule has 0 saturated carbocycles. The molecule has 29 heavy (non-hydrogen) atoms. The van der Waals surface area contributed by atoms with Gasteiger partial charge in [-0.15, -0.1) is 11.3 Å². The molecule has 1 fully saturated rings. The van der Waals surface area contributed by atoms with E-state index in [1.54, 1.807) is 0 Å². The number of carbonyl (C=O) groups excluding carboxylic acids is 2. The molecule has 0 spiro atoms. The summed E-state index contributed by atoms with van der Waals surface area (Å²) < 4.78 is 0. The molecule has 1 aromatic rings. The second kappa shape index (κ2) is 7.84. The molecule has 3 rings (SSSR count). The third kappa shape index (κ3) is 3.74. The van der Waals surface area contributed by atoms with Crippen LogP contribution in [0.1, 0.15) is 12.1 Å². The molecule has 5 N–H and O–H groups in total. The van der Waals surface area contributed by atoms with Crippen molar-refractivity contribution in [3.05, 3.63) is 22.3 Å². The Bertz CT molecular complexity index is 955. The van der Waals surface area contributed by atoms with E-state index in [0.29, 0.717) is 0 Å². The summed E-state index contributed by atoms with van der Waals surface area (Å²) in [5.74, 6) is -4.53. The van der Waals surface area contributed by atoms with E-state index in [9.17, 15) is 29.4 Å². The van der Waals surface area contributed by atoms with Crippen LogP contribution in [0.5, 0.6) is 0 Å². The molecule has 14 heteroatoms. The van der Waals surface area contributed by atoms with Gasteiger partial charge >= 0.3 is 11.9 Å². The fourth-order valence-electron chi connectivity index (χ4n) is 3.02. The topological polar surface area (TPSA) is 188 Å². The number of amides is 2. The zero-order valence-electron chi connectivity index (χ0n) is 15.0. The summed E-state index contributed by atoms with van der Waals surface area (Å²) in [6, 6.07) is -1.10. The number of nitrogen functional groups attached to an aromatic ring is 1. The van der Waals surface area contributed by atoms with Crippen LogP contribution >= 0.6 is 11.3 Å². The number of carboxylic acid groups (broad SMARTS) is 2. The molecule has 1 atom stereocenters. The number of oxime groups is 1. The van der Waals surface area contributed by atoms with Crippen LogP contribution in [0, 0.1) is 0 Å². The summed E-state index contributed by atoms with van der Waals surface area (Å²) in [6.07, 6.45) is 0.139. The monoisotopic (exact) mass is 424 g/mol. The van der Waals surface area contributed by atoms with E-state index in [0.717, 1.165) is 16.3 Å². The maximum atomic E-state index is 12.8. The highest BCUT2D eigenvalue weighted by atomic mass is 32.1. The lowest BCUT2D eigenvalue weighted by atomic mass is 10.1. The van der Waals surface area contributed by atoms with Crippen molar-refractivity contribution >= 4 is 45.9 Å². The number of thiazole rings is 1. The molecule has 2 aliphatic rings. The predicted octanol–water partition coefficient (Wildman–Crippen LogP) is -1.55. The Hall–Kier alpha value is -3.52. The maximum Gasteiger partial charge on any atom is 0.354 e. The van der Waals surface area contributed by atoms with E-state index >= 15 is 0 Å². The van der Waals surface area contributed by atoms with Gasteiger partial charge < -0.3 is 26.1 Å². The summed E-state index contributed by atoms with van der Waals surface area (Å²) in [4.78, 5) is 57.0. The molecule has 13 nitrogen and oxygen atoms in total. The Balaban J connectivity index is 1.83. The van der Waals surface area contributed by atoms with Crippen molar-refractivity contribution in [2.24, 2.45) is 5.16 Å². The number of nitrogens with two attached hydrogens (primary N) is 1. The highest BCUT2D eigenvalue weighted by molar-refractivity contribution is 7.13. The molecule has 0 aliphatic carbocycles. The molecule has 3 heterocycles. The van der Waals surface area contributed by atoms with Crippen molar-refractivity contribution in [2.75, 3.05) is 25.9 Å². The van der Waals surface area contributed by atoms with E-state index in [4.69, 9.17) is 5.73 Å². The minimum absolute atomic E-state index is 0.139. The van der Waals surface area contributed by atoms with E-state index in [2.05, 4.69) is 20.3 Å². The lowest BCUT2D eigenvalue weighted by molar-refractivity contribution is -0.156. The number of carboxylic acids is 2. The van der Waals surface area contributed by atoms with Crippen LogP contribution in [0.3, 0.4) is 0 Å². The molecule has 2 aliphatic heterocycles. The van der Waals surface area contributed by atoms with Gasteiger partial charge in [0.25, 0.3) is 11.8 Å². The van der Waals surface area contributed by atoms with Gasteiger partial charge in [0.05, 0.1) is 12.1 Å². The first-order chi connectivity index (χ1) is 13.7. The molecule has 0 aromatic carbocycles. The van der Waals surface area contributed by atoms with Gasteiger partial charge in [-0.25, -0.2) is 24.6 Å². The number of hydrazine groups is 1. The average Bonchev–Trinajstić information content (AvgIpc) is 3.26. The number of carbonyl (C=O) groups is 4. The molecule has 0 radical (unpaired) electrons. The van der Waals surface area contributed by atoms with Crippen LogP contribution in [-0.4, -0.2) is 80.9 Å². The van der Waals surface area contributed by atoms with Gasteiger partial charge in [-0.3, -0.25) is 9.59 Å². The van der Waals surface area contributed by atoms with Crippen molar-refractivity contribution < 1.29 is 34.2 Å². The Morgan fingerprint density at radius 3 is 2.66 bits per heavy atom. The van der Waals surface area contributed by atoms with Gasteiger partial charge in [0, 0.05) is 11.9 Å². The molecule has 0 bridgehead atoms. The number of aromatic nitrogens is 1.